The molecule has 0 aliphatic carbocycles. The molecule has 0 fully saturated rings. The van der Waals surface area contributed by atoms with E-state index >= 15 is 0 Å². The number of unbranched alkanes of at least 4 members (excludes halogenated alkanes) is 1. The summed E-state index contributed by atoms with van der Waals surface area (Å²) in [5.74, 6) is 0.670. The molecule has 0 spiro atoms. The van der Waals surface area contributed by atoms with Crippen molar-refractivity contribution in [3.63, 3.8) is 0 Å². The van der Waals surface area contributed by atoms with Crippen LogP contribution < -0.4 is 10.5 Å². The first-order chi connectivity index (χ1) is 15.8. The van der Waals surface area contributed by atoms with Crippen molar-refractivity contribution in [1.82, 2.24) is 4.90 Å². The third-order valence-corrected chi connectivity index (χ3v) is 6.30. The molecular formula is C28H39N3O3. The van der Waals surface area contributed by atoms with E-state index in [1.165, 1.54) is 5.56 Å². The summed E-state index contributed by atoms with van der Waals surface area (Å²) in [6, 6.07) is 9.64. The number of nitrogens with zero attached hydrogens (tertiary/aromatic N) is 1. The number of ketones is 1. The van der Waals surface area contributed by atoms with E-state index in [1.54, 1.807) is 12.1 Å². The molecule has 0 amide bonds. The van der Waals surface area contributed by atoms with Gasteiger partial charge in [-0.2, -0.15) is 0 Å². The molecule has 2 aromatic rings. The zero-order chi connectivity index (χ0) is 25.3. The standard InChI is InChI=1S/C28H39N3O3/c1-27(2,3)20-10-9-18-16-31(26(30)21(18)15-20)17-23(32)19-13-22(28(4,5)6)25(33)24(14-19)34-12-8-7-11-29/h9-10,13-15,30,33H,7-8,11-12,16-17,29H2,1-6H3. The van der Waals surface area contributed by atoms with Gasteiger partial charge in [0.15, 0.2) is 17.3 Å². The number of carbonyl (C=O) groups is 1. The number of amidine groups is 1. The van der Waals surface area contributed by atoms with Crippen LogP contribution in [-0.2, 0) is 17.4 Å². The lowest BCUT2D eigenvalue weighted by atomic mass is 9.84. The Bertz CT molecular complexity index is 1080. The van der Waals surface area contributed by atoms with Crippen LogP contribution in [0.1, 0.15) is 87.0 Å². The molecule has 4 N–H and O–H groups in total. The number of benzene rings is 2. The maximum Gasteiger partial charge on any atom is 0.182 e. The molecule has 6 nitrogen and oxygen atoms in total. The van der Waals surface area contributed by atoms with E-state index in [4.69, 9.17) is 15.9 Å². The molecule has 0 atom stereocenters. The van der Waals surface area contributed by atoms with E-state index < -0.39 is 0 Å². The molecule has 0 saturated carbocycles. The van der Waals surface area contributed by atoms with Crippen molar-refractivity contribution in [1.29, 1.82) is 5.41 Å². The van der Waals surface area contributed by atoms with Crippen molar-refractivity contribution in [3.8, 4) is 11.5 Å². The van der Waals surface area contributed by atoms with Crippen LogP contribution in [-0.4, -0.2) is 41.3 Å². The second kappa shape index (κ2) is 9.79. The summed E-state index contributed by atoms with van der Waals surface area (Å²) in [6.07, 6.45) is 1.61. The maximum absolute atomic E-state index is 13.4. The van der Waals surface area contributed by atoms with Crippen molar-refractivity contribution < 1.29 is 14.6 Å². The van der Waals surface area contributed by atoms with E-state index in [1.807, 2.05) is 25.7 Å². The van der Waals surface area contributed by atoms with Gasteiger partial charge in [0.2, 0.25) is 0 Å². The summed E-state index contributed by atoms with van der Waals surface area (Å²) < 4.78 is 5.84. The van der Waals surface area contributed by atoms with Gasteiger partial charge in [-0.25, -0.2) is 0 Å². The number of phenols is 1. The Morgan fingerprint density at radius 1 is 1.09 bits per heavy atom. The molecule has 1 heterocycles. The van der Waals surface area contributed by atoms with E-state index in [0.717, 1.165) is 24.0 Å². The van der Waals surface area contributed by atoms with Crippen LogP contribution in [0.4, 0.5) is 0 Å². The van der Waals surface area contributed by atoms with Gasteiger partial charge in [-0.3, -0.25) is 10.2 Å². The lowest BCUT2D eigenvalue weighted by Crippen LogP contribution is -2.30. The number of aromatic hydroxyl groups is 1. The highest BCUT2D eigenvalue weighted by Gasteiger charge is 2.29. The Kier molecular flexibility index (Phi) is 7.41. The molecule has 0 radical (unpaired) electrons. The third-order valence-electron chi connectivity index (χ3n) is 6.30. The highest BCUT2D eigenvalue weighted by Crippen LogP contribution is 2.39. The monoisotopic (exact) mass is 465 g/mol. The fourth-order valence-electron chi connectivity index (χ4n) is 4.14. The number of phenolic OH excluding ortho intramolecular Hbond substituents is 1. The van der Waals surface area contributed by atoms with Gasteiger partial charge in [0.1, 0.15) is 5.84 Å². The van der Waals surface area contributed by atoms with Gasteiger partial charge in [0, 0.05) is 23.2 Å². The van der Waals surface area contributed by atoms with Gasteiger partial charge in [0.25, 0.3) is 0 Å². The first-order valence-corrected chi connectivity index (χ1v) is 12.0. The average Bonchev–Trinajstić information content (AvgIpc) is 3.05. The number of hydrogen-bond donors (Lipinski definition) is 3. The van der Waals surface area contributed by atoms with Gasteiger partial charge in [-0.1, -0.05) is 53.7 Å². The quantitative estimate of drug-likeness (QED) is 0.371. The van der Waals surface area contributed by atoms with Crippen LogP contribution in [0.3, 0.4) is 0 Å². The van der Waals surface area contributed by atoms with Crippen molar-refractivity contribution in [2.45, 2.75) is 71.8 Å². The highest BCUT2D eigenvalue weighted by atomic mass is 16.5. The number of nitrogens with one attached hydrogen (secondary N) is 1. The fourth-order valence-corrected chi connectivity index (χ4v) is 4.14. The Balaban J connectivity index is 1.84. The molecule has 2 aromatic carbocycles. The molecule has 0 unspecified atom stereocenters. The van der Waals surface area contributed by atoms with Crippen LogP contribution in [0.15, 0.2) is 30.3 Å². The summed E-state index contributed by atoms with van der Waals surface area (Å²) in [5.41, 5.74) is 9.48. The summed E-state index contributed by atoms with van der Waals surface area (Å²) >= 11 is 0. The zero-order valence-corrected chi connectivity index (χ0v) is 21.4. The minimum Gasteiger partial charge on any atom is -0.504 e. The van der Waals surface area contributed by atoms with E-state index in [-0.39, 0.29) is 28.9 Å². The van der Waals surface area contributed by atoms with Gasteiger partial charge >= 0.3 is 0 Å². The highest BCUT2D eigenvalue weighted by molar-refractivity contribution is 6.05. The van der Waals surface area contributed by atoms with Crippen molar-refractivity contribution >= 4 is 11.6 Å². The number of Topliss-reactive ketones (excluding diaryl/α,β-unsaturated/α-hetero) is 1. The number of fused-ring (bicyclic) bond motifs is 1. The number of carbonyl (C=O) groups excluding carboxylic acids is 1. The molecule has 3 rings (SSSR count). The third kappa shape index (κ3) is 5.61. The van der Waals surface area contributed by atoms with Crippen molar-refractivity contribution in [2.75, 3.05) is 19.7 Å². The van der Waals surface area contributed by atoms with Gasteiger partial charge < -0.3 is 20.5 Å². The Morgan fingerprint density at radius 3 is 2.41 bits per heavy atom. The topological polar surface area (TPSA) is 99.6 Å². The lowest BCUT2D eigenvalue weighted by molar-refractivity contribution is 0.0962. The van der Waals surface area contributed by atoms with E-state index in [9.17, 15) is 9.90 Å². The van der Waals surface area contributed by atoms with Crippen LogP contribution in [0.2, 0.25) is 0 Å². The first kappa shape index (κ1) is 25.8. The normalized spacial score (nSPS) is 13.9. The van der Waals surface area contributed by atoms with Crippen LogP contribution in [0.25, 0.3) is 0 Å². The second-order valence-electron chi connectivity index (χ2n) is 11.2. The molecule has 6 heteroatoms. The smallest absolute Gasteiger partial charge is 0.182 e. The van der Waals surface area contributed by atoms with Crippen LogP contribution >= 0.6 is 0 Å². The summed E-state index contributed by atoms with van der Waals surface area (Å²) in [6.45, 7) is 14.1. The van der Waals surface area contributed by atoms with E-state index in [2.05, 4.69) is 39.0 Å². The molecule has 1 aliphatic heterocycles. The fraction of sp³-hybridized carbons (Fsp3) is 0.500. The molecule has 0 bridgehead atoms. The summed E-state index contributed by atoms with van der Waals surface area (Å²) in [5, 5.41) is 19.5. The summed E-state index contributed by atoms with van der Waals surface area (Å²) in [7, 11) is 0. The second-order valence-corrected chi connectivity index (χ2v) is 11.2. The Labute approximate surface area is 203 Å². The predicted molar refractivity (Wildman–Crippen MR) is 137 cm³/mol. The molecule has 184 valence electrons. The SMILES string of the molecule is CC(C)(C)c1ccc2c(c1)C(=N)N(CC(=O)c1cc(OCCCCN)c(O)c(C(C)(C)C)c1)C2. The Hall–Kier alpha value is -2.86. The van der Waals surface area contributed by atoms with Crippen molar-refractivity contribution in [2.24, 2.45) is 5.73 Å². The largest absolute Gasteiger partial charge is 0.504 e. The molecule has 0 saturated heterocycles. The maximum atomic E-state index is 13.4. The van der Waals surface area contributed by atoms with Gasteiger partial charge in [0.05, 0.1) is 13.2 Å². The number of rotatable bonds is 8. The molecule has 34 heavy (non-hydrogen) atoms. The van der Waals surface area contributed by atoms with Crippen LogP contribution in [0, 0.1) is 5.41 Å². The minimum atomic E-state index is -0.365. The molecule has 0 aromatic heterocycles. The number of ether oxygens (including phenoxy) is 1. The average molecular weight is 466 g/mol. The first-order valence-electron chi connectivity index (χ1n) is 12.0. The minimum absolute atomic E-state index is 0.00546. The van der Waals surface area contributed by atoms with Gasteiger partial charge in [-0.05, 0) is 59.5 Å². The van der Waals surface area contributed by atoms with Gasteiger partial charge in [-0.15, -0.1) is 0 Å². The number of hydrogen-bond acceptors (Lipinski definition) is 5. The van der Waals surface area contributed by atoms with E-state index in [0.29, 0.717) is 42.4 Å². The Morgan fingerprint density at radius 2 is 1.79 bits per heavy atom. The summed E-state index contributed by atoms with van der Waals surface area (Å²) in [4.78, 5) is 15.2. The molecular weight excluding hydrogens is 426 g/mol. The lowest BCUT2D eigenvalue weighted by Gasteiger charge is -2.24. The van der Waals surface area contributed by atoms with Crippen molar-refractivity contribution in [3.05, 3.63) is 58.1 Å². The predicted octanol–water partition coefficient (Wildman–Crippen LogP) is 5.13. The van der Waals surface area contributed by atoms with Crippen LogP contribution in [0.5, 0.6) is 11.5 Å². The number of nitrogens with two attached hydrogens (primary N) is 1. The zero-order valence-electron chi connectivity index (χ0n) is 21.4. The molecule has 1 aliphatic rings.